The van der Waals surface area contributed by atoms with Gasteiger partial charge in [0.25, 0.3) is 0 Å². The summed E-state index contributed by atoms with van der Waals surface area (Å²) >= 11 is 0. The zero-order valence-electron chi connectivity index (χ0n) is 13.9. The molecular weight excluding hydrogens is 298 g/mol. The van der Waals surface area contributed by atoms with Gasteiger partial charge in [0.2, 0.25) is 0 Å². The van der Waals surface area contributed by atoms with E-state index in [4.69, 9.17) is 9.47 Å². The van der Waals surface area contributed by atoms with Gasteiger partial charge in [-0.2, -0.15) is 0 Å². The van der Waals surface area contributed by atoms with Crippen molar-refractivity contribution in [1.29, 1.82) is 0 Å². The van der Waals surface area contributed by atoms with E-state index >= 15 is 0 Å². The molecular formula is C17H25NO5. The van der Waals surface area contributed by atoms with Crippen LogP contribution >= 0.6 is 0 Å². The monoisotopic (exact) mass is 323 g/mol. The molecule has 1 unspecified atom stereocenters. The number of benzene rings is 1. The molecule has 0 fully saturated rings. The Labute approximate surface area is 136 Å². The highest BCUT2D eigenvalue weighted by Crippen LogP contribution is 2.10. The van der Waals surface area contributed by atoms with E-state index in [0.717, 1.165) is 5.56 Å². The van der Waals surface area contributed by atoms with E-state index < -0.39 is 17.7 Å². The van der Waals surface area contributed by atoms with Crippen LogP contribution in [0.15, 0.2) is 30.3 Å². The van der Waals surface area contributed by atoms with Gasteiger partial charge in [-0.1, -0.05) is 30.3 Å². The Morgan fingerprint density at radius 2 is 1.87 bits per heavy atom. The smallest absolute Gasteiger partial charge is 0.407 e. The second-order valence-corrected chi connectivity index (χ2v) is 6.21. The normalized spacial score (nSPS) is 12.3. The van der Waals surface area contributed by atoms with Crippen LogP contribution in [-0.2, 0) is 20.9 Å². The number of amides is 1. The summed E-state index contributed by atoms with van der Waals surface area (Å²) in [5, 5.41) is 11.8. The van der Waals surface area contributed by atoms with Gasteiger partial charge in [0.15, 0.2) is 0 Å². The maximum Gasteiger partial charge on any atom is 0.407 e. The summed E-state index contributed by atoms with van der Waals surface area (Å²) in [7, 11) is 0. The molecule has 0 heterocycles. The minimum Gasteiger partial charge on any atom is -0.460 e. The average molecular weight is 323 g/mol. The molecule has 0 spiro atoms. The molecule has 1 aromatic carbocycles. The number of alkyl carbamates (subject to hydrolysis) is 1. The number of nitrogens with one attached hydrogen (secondary N) is 1. The van der Waals surface area contributed by atoms with Gasteiger partial charge in [0.05, 0.1) is 12.6 Å². The van der Waals surface area contributed by atoms with Gasteiger partial charge in [-0.3, -0.25) is 4.79 Å². The first-order chi connectivity index (χ1) is 10.8. The van der Waals surface area contributed by atoms with Crippen molar-refractivity contribution >= 4 is 12.1 Å². The molecule has 0 radical (unpaired) electrons. The molecule has 0 aromatic heterocycles. The Morgan fingerprint density at radius 1 is 1.22 bits per heavy atom. The lowest BCUT2D eigenvalue weighted by Crippen LogP contribution is -2.38. The van der Waals surface area contributed by atoms with Crippen molar-refractivity contribution in [3.8, 4) is 0 Å². The van der Waals surface area contributed by atoms with Crippen LogP contribution in [0.2, 0.25) is 0 Å². The number of carbonyl (C=O) groups is 2. The second-order valence-electron chi connectivity index (χ2n) is 6.21. The number of aliphatic hydroxyl groups is 1. The predicted octanol–water partition coefficient (Wildman–Crippen LogP) is 2.40. The molecule has 1 atom stereocenters. The molecule has 0 bridgehead atoms. The Balaban J connectivity index is 2.32. The van der Waals surface area contributed by atoms with Crippen molar-refractivity contribution in [2.75, 3.05) is 6.61 Å². The van der Waals surface area contributed by atoms with Crippen LogP contribution in [0.3, 0.4) is 0 Å². The predicted molar refractivity (Wildman–Crippen MR) is 85.7 cm³/mol. The maximum atomic E-state index is 11.7. The quantitative estimate of drug-likeness (QED) is 0.753. The fraction of sp³-hybridized carbons (Fsp3) is 0.529. The summed E-state index contributed by atoms with van der Waals surface area (Å²) in [4.78, 5) is 23.3. The van der Waals surface area contributed by atoms with Crippen molar-refractivity contribution in [2.45, 2.75) is 51.9 Å². The number of ether oxygens (including phenoxy) is 2. The highest BCUT2D eigenvalue weighted by Gasteiger charge is 2.19. The zero-order valence-corrected chi connectivity index (χ0v) is 13.9. The average Bonchev–Trinajstić information content (AvgIpc) is 2.48. The Morgan fingerprint density at radius 3 is 2.43 bits per heavy atom. The summed E-state index contributed by atoms with van der Waals surface area (Å²) in [6.45, 7) is 5.23. The molecule has 1 aromatic rings. The van der Waals surface area contributed by atoms with Crippen molar-refractivity contribution in [3.63, 3.8) is 0 Å². The molecule has 23 heavy (non-hydrogen) atoms. The van der Waals surface area contributed by atoms with E-state index in [1.54, 1.807) is 20.8 Å². The van der Waals surface area contributed by atoms with E-state index in [0.29, 0.717) is 0 Å². The summed E-state index contributed by atoms with van der Waals surface area (Å²) < 4.78 is 10.2. The van der Waals surface area contributed by atoms with Crippen LogP contribution in [0, 0.1) is 0 Å². The summed E-state index contributed by atoms with van der Waals surface area (Å²) in [5.74, 6) is -0.365. The summed E-state index contributed by atoms with van der Waals surface area (Å²) in [6.07, 6.45) is -0.232. The fourth-order valence-corrected chi connectivity index (χ4v) is 1.83. The molecule has 0 saturated carbocycles. The topological polar surface area (TPSA) is 84.9 Å². The minimum absolute atomic E-state index is 0.113. The SMILES string of the molecule is CC(C)(C)OC(=O)CCC(CO)NC(=O)OCc1ccccc1. The first kappa shape index (κ1) is 19.0. The molecule has 128 valence electrons. The Bertz CT molecular complexity index is 495. The van der Waals surface area contributed by atoms with Gasteiger partial charge in [0, 0.05) is 6.42 Å². The van der Waals surface area contributed by atoms with Crippen molar-refractivity contribution < 1.29 is 24.2 Å². The summed E-state index contributed by atoms with van der Waals surface area (Å²) in [5.41, 5.74) is 0.324. The first-order valence-corrected chi connectivity index (χ1v) is 7.60. The standard InChI is InChI=1S/C17H25NO5/c1-17(2,3)23-15(20)10-9-14(11-19)18-16(21)22-12-13-7-5-4-6-8-13/h4-8,14,19H,9-12H2,1-3H3,(H,18,21). The van der Waals surface area contributed by atoms with Gasteiger partial charge in [-0.05, 0) is 32.8 Å². The van der Waals surface area contributed by atoms with E-state index in [1.165, 1.54) is 0 Å². The lowest BCUT2D eigenvalue weighted by Gasteiger charge is -2.21. The van der Waals surface area contributed by atoms with E-state index in [2.05, 4.69) is 5.32 Å². The largest absolute Gasteiger partial charge is 0.460 e. The lowest BCUT2D eigenvalue weighted by atomic mass is 10.1. The fourth-order valence-electron chi connectivity index (χ4n) is 1.83. The third kappa shape index (κ3) is 8.83. The van der Waals surface area contributed by atoms with Gasteiger partial charge < -0.3 is 19.9 Å². The number of aliphatic hydroxyl groups excluding tert-OH is 1. The van der Waals surface area contributed by atoms with Crippen LogP contribution < -0.4 is 5.32 Å². The van der Waals surface area contributed by atoms with Gasteiger partial charge in [-0.15, -0.1) is 0 Å². The molecule has 2 N–H and O–H groups in total. The van der Waals surface area contributed by atoms with Gasteiger partial charge >= 0.3 is 12.1 Å². The molecule has 1 rings (SSSR count). The highest BCUT2D eigenvalue weighted by molar-refractivity contribution is 5.70. The summed E-state index contributed by atoms with van der Waals surface area (Å²) in [6, 6.07) is 8.73. The second kappa shape index (κ2) is 9.15. The first-order valence-electron chi connectivity index (χ1n) is 7.60. The molecule has 0 saturated heterocycles. The van der Waals surface area contributed by atoms with Crippen LogP contribution in [0.4, 0.5) is 4.79 Å². The molecule has 0 aliphatic rings. The molecule has 0 aliphatic heterocycles. The van der Waals surface area contributed by atoms with E-state index in [9.17, 15) is 14.7 Å². The Hall–Kier alpha value is -2.08. The zero-order chi connectivity index (χ0) is 17.3. The van der Waals surface area contributed by atoms with Crippen LogP contribution in [0.5, 0.6) is 0 Å². The Kier molecular flexibility index (Phi) is 7.54. The number of hydrogen-bond donors (Lipinski definition) is 2. The van der Waals surface area contributed by atoms with E-state index in [-0.39, 0.29) is 32.0 Å². The van der Waals surface area contributed by atoms with Crippen molar-refractivity contribution in [3.05, 3.63) is 35.9 Å². The van der Waals surface area contributed by atoms with Crippen LogP contribution in [0.1, 0.15) is 39.2 Å². The number of esters is 1. The third-order valence-electron chi connectivity index (χ3n) is 2.87. The minimum atomic E-state index is -0.628. The van der Waals surface area contributed by atoms with Gasteiger partial charge in [0.1, 0.15) is 12.2 Å². The third-order valence-corrected chi connectivity index (χ3v) is 2.87. The number of hydrogen-bond acceptors (Lipinski definition) is 5. The lowest BCUT2D eigenvalue weighted by molar-refractivity contribution is -0.155. The van der Waals surface area contributed by atoms with Crippen LogP contribution in [0.25, 0.3) is 0 Å². The highest BCUT2D eigenvalue weighted by atomic mass is 16.6. The molecule has 1 amide bonds. The number of carbonyl (C=O) groups excluding carboxylic acids is 2. The van der Waals surface area contributed by atoms with Crippen molar-refractivity contribution in [1.82, 2.24) is 5.32 Å². The number of rotatable bonds is 7. The van der Waals surface area contributed by atoms with Crippen LogP contribution in [-0.4, -0.2) is 35.4 Å². The van der Waals surface area contributed by atoms with Gasteiger partial charge in [-0.25, -0.2) is 4.79 Å². The molecule has 0 aliphatic carbocycles. The molecule has 6 heteroatoms. The van der Waals surface area contributed by atoms with Crippen molar-refractivity contribution in [2.24, 2.45) is 0 Å². The maximum absolute atomic E-state index is 11.7. The molecule has 6 nitrogen and oxygen atoms in total. The van der Waals surface area contributed by atoms with E-state index in [1.807, 2.05) is 30.3 Å².